The average molecular weight is 446 g/mol. The van der Waals surface area contributed by atoms with Crippen LogP contribution in [0, 0.1) is 5.92 Å². The van der Waals surface area contributed by atoms with Crippen molar-refractivity contribution < 1.29 is 4.74 Å². The first-order chi connectivity index (χ1) is 16.6. The van der Waals surface area contributed by atoms with Crippen molar-refractivity contribution in [3.63, 3.8) is 0 Å². The summed E-state index contributed by atoms with van der Waals surface area (Å²) in [5.74, 6) is 1.90. The van der Waals surface area contributed by atoms with E-state index in [0.29, 0.717) is 5.84 Å². The number of allylic oxidation sites excluding steroid dienone is 2. The third-order valence-corrected chi connectivity index (χ3v) is 7.17. The molecule has 4 heteroatoms. The number of aromatic nitrogens is 1. The van der Waals surface area contributed by atoms with Gasteiger partial charge in [0, 0.05) is 29.5 Å². The Morgan fingerprint density at radius 1 is 0.912 bits per heavy atom. The number of hydrogen-bond donors (Lipinski definition) is 0. The summed E-state index contributed by atoms with van der Waals surface area (Å²) in [5.41, 5.74) is 5.40. The Kier molecular flexibility index (Phi) is 5.02. The van der Waals surface area contributed by atoms with Crippen LogP contribution in [0.15, 0.2) is 113 Å². The molecule has 2 aliphatic heterocycles. The van der Waals surface area contributed by atoms with Crippen LogP contribution >= 0.6 is 0 Å². The number of amidine groups is 1. The zero-order valence-corrected chi connectivity index (χ0v) is 19.4. The molecule has 34 heavy (non-hydrogen) atoms. The fourth-order valence-electron chi connectivity index (χ4n) is 5.26. The molecule has 0 saturated carbocycles. The molecule has 0 radical (unpaired) electrons. The first-order valence-corrected chi connectivity index (χ1v) is 11.9. The number of hydrogen-bond acceptors (Lipinski definition) is 4. The van der Waals surface area contributed by atoms with Gasteiger partial charge in [-0.3, -0.25) is 9.98 Å². The van der Waals surface area contributed by atoms with Gasteiger partial charge in [-0.1, -0.05) is 80.6 Å². The molecule has 0 N–H and O–H groups in total. The van der Waals surface area contributed by atoms with E-state index >= 15 is 0 Å². The first-order valence-electron chi connectivity index (χ1n) is 11.9. The number of para-hydroxylation sites is 1. The maximum atomic E-state index is 6.38. The van der Waals surface area contributed by atoms with Gasteiger partial charge in [-0.2, -0.15) is 0 Å². The minimum Gasteiger partial charge on any atom is -0.485 e. The zero-order valence-electron chi connectivity index (χ0n) is 19.4. The monoisotopic (exact) mass is 445 g/mol. The van der Waals surface area contributed by atoms with E-state index in [4.69, 9.17) is 14.7 Å². The summed E-state index contributed by atoms with van der Waals surface area (Å²) in [7, 11) is 0. The van der Waals surface area contributed by atoms with Gasteiger partial charge in [0.2, 0.25) is 0 Å². The van der Waals surface area contributed by atoms with Crippen LogP contribution in [0.4, 0.5) is 0 Å². The van der Waals surface area contributed by atoms with Crippen molar-refractivity contribution in [3.8, 4) is 5.75 Å². The van der Waals surface area contributed by atoms with Crippen LogP contribution < -0.4 is 4.74 Å². The molecule has 0 fully saturated rings. The summed E-state index contributed by atoms with van der Waals surface area (Å²) in [6.07, 6.45) is 9.31. The zero-order chi connectivity index (χ0) is 23.1. The lowest BCUT2D eigenvalue weighted by atomic mass is 9.67. The fraction of sp³-hybridized carbons (Fsp3) is 0.233. The predicted molar refractivity (Wildman–Crippen MR) is 137 cm³/mol. The summed E-state index contributed by atoms with van der Waals surface area (Å²) in [6, 6.07) is 24.8. The smallest absolute Gasteiger partial charge is 0.174 e. The quantitative estimate of drug-likeness (QED) is 0.477. The van der Waals surface area contributed by atoms with E-state index in [0.717, 1.165) is 29.1 Å². The topological polar surface area (TPSA) is 46.8 Å². The van der Waals surface area contributed by atoms with Gasteiger partial charge in [0.05, 0.1) is 11.8 Å². The predicted octanol–water partition coefficient (Wildman–Crippen LogP) is 6.27. The van der Waals surface area contributed by atoms with Crippen LogP contribution in [0.1, 0.15) is 43.1 Å². The number of rotatable bonds is 3. The van der Waals surface area contributed by atoms with Crippen molar-refractivity contribution in [2.45, 2.75) is 37.8 Å². The summed E-state index contributed by atoms with van der Waals surface area (Å²) in [6.45, 7) is 4.63. The Morgan fingerprint density at radius 2 is 1.71 bits per heavy atom. The number of fused-ring (bicyclic) bond motifs is 2. The largest absolute Gasteiger partial charge is 0.485 e. The Balaban J connectivity index is 1.40. The van der Waals surface area contributed by atoms with Crippen molar-refractivity contribution in [1.29, 1.82) is 0 Å². The van der Waals surface area contributed by atoms with Crippen molar-refractivity contribution in [2.24, 2.45) is 15.9 Å². The minimum atomic E-state index is -0.0541. The maximum absolute atomic E-state index is 6.38. The Hall–Kier alpha value is -3.79. The van der Waals surface area contributed by atoms with E-state index in [1.54, 1.807) is 6.20 Å². The molecule has 1 aliphatic carbocycles. The van der Waals surface area contributed by atoms with E-state index in [1.807, 2.05) is 30.3 Å². The van der Waals surface area contributed by atoms with Crippen LogP contribution in [-0.2, 0) is 5.41 Å². The number of aliphatic imine (C=N–C) groups is 2. The van der Waals surface area contributed by atoms with Gasteiger partial charge in [0.1, 0.15) is 17.5 Å². The number of benzene rings is 2. The maximum Gasteiger partial charge on any atom is 0.174 e. The van der Waals surface area contributed by atoms with Gasteiger partial charge in [-0.25, -0.2) is 4.99 Å². The molecule has 0 amide bonds. The Morgan fingerprint density at radius 3 is 2.53 bits per heavy atom. The summed E-state index contributed by atoms with van der Waals surface area (Å²) in [4.78, 5) is 14.6. The van der Waals surface area contributed by atoms with Crippen molar-refractivity contribution >= 4 is 11.5 Å². The lowest BCUT2D eigenvalue weighted by Gasteiger charge is -2.44. The standard InChI is InChI=1S/C30H27N3O/c1-30(2)22-12-6-7-14-27(22)34-28-16-15-21(18-23(28)30)26-19-25(20-10-4-3-5-11-20)32-29(33-26)24-13-8-9-17-31-24/h3-18,23,25,28H,19H2,1-2H3. The van der Waals surface area contributed by atoms with Gasteiger partial charge in [0.15, 0.2) is 5.84 Å². The second-order valence-electron chi connectivity index (χ2n) is 9.66. The molecule has 6 rings (SSSR count). The molecule has 3 aromatic rings. The van der Waals surface area contributed by atoms with Crippen LogP contribution in [-0.4, -0.2) is 22.6 Å². The molecular formula is C30H27N3O. The highest BCUT2D eigenvalue weighted by molar-refractivity contribution is 6.14. The van der Waals surface area contributed by atoms with Crippen molar-refractivity contribution in [3.05, 3.63) is 120 Å². The Bertz CT molecular complexity index is 1340. The van der Waals surface area contributed by atoms with Crippen LogP contribution in [0.5, 0.6) is 5.75 Å². The van der Waals surface area contributed by atoms with E-state index in [2.05, 4.69) is 79.5 Å². The molecule has 3 atom stereocenters. The third kappa shape index (κ3) is 3.60. The SMILES string of the molecule is CC1(C)c2ccccc2OC2C=CC(C3=NC(c4ccccn4)=NC(c4ccccc4)C3)=CC21. The summed E-state index contributed by atoms with van der Waals surface area (Å²) >= 11 is 0. The molecule has 2 aromatic carbocycles. The molecule has 1 aromatic heterocycles. The first kappa shape index (κ1) is 20.8. The molecule has 3 unspecified atom stereocenters. The normalized spacial score (nSPS) is 24.6. The average Bonchev–Trinajstić information content (AvgIpc) is 2.89. The van der Waals surface area contributed by atoms with Gasteiger partial charge < -0.3 is 4.74 Å². The highest BCUT2D eigenvalue weighted by Gasteiger charge is 2.43. The molecule has 0 bridgehead atoms. The number of nitrogens with zero attached hydrogens (tertiary/aromatic N) is 3. The lowest BCUT2D eigenvalue weighted by Crippen LogP contribution is -2.44. The number of pyridine rings is 1. The summed E-state index contributed by atoms with van der Waals surface area (Å²) in [5, 5.41) is 0. The molecule has 168 valence electrons. The van der Waals surface area contributed by atoms with Gasteiger partial charge in [-0.15, -0.1) is 0 Å². The molecule has 4 nitrogen and oxygen atoms in total. The highest BCUT2D eigenvalue weighted by Crippen LogP contribution is 2.47. The molecule has 0 saturated heterocycles. The van der Waals surface area contributed by atoms with Crippen molar-refractivity contribution in [1.82, 2.24) is 4.98 Å². The van der Waals surface area contributed by atoms with E-state index < -0.39 is 0 Å². The van der Waals surface area contributed by atoms with Gasteiger partial charge in [0.25, 0.3) is 0 Å². The summed E-state index contributed by atoms with van der Waals surface area (Å²) < 4.78 is 6.38. The second kappa shape index (κ2) is 8.21. The van der Waals surface area contributed by atoms with Crippen LogP contribution in [0.25, 0.3) is 0 Å². The van der Waals surface area contributed by atoms with E-state index in [1.165, 1.54) is 11.1 Å². The van der Waals surface area contributed by atoms with Crippen LogP contribution in [0.2, 0.25) is 0 Å². The highest BCUT2D eigenvalue weighted by atomic mass is 16.5. The van der Waals surface area contributed by atoms with Gasteiger partial charge in [-0.05, 0) is 35.4 Å². The third-order valence-electron chi connectivity index (χ3n) is 7.17. The number of ether oxygens (including phenoxy) is 1. The fourth-order valence-corrected chi connectivity index (χ4v) is 5.26. The lowest BCUT2D eigenvalue weighted by molar-refractivity contribution is 0.122. The molecule has 3 heterocycles. The van der Waals surface area contributed by atoms with Gasteiger partial charge >= 0.3 is 0 Å². The van der Waals surface area contributed by atoms with E-state index in [9.17, 15) is 0 Å². The van der Waals surface area contributed by atoms with Crippen LogP contribution in [0.3, 0.4) is 0 Å². The Labute approximate surface area is 200 Å². The molecule has 0 spiro atoms. The second-order valence-corrected chi connectivity index (χ2v) is 9.66. The molecular weight excluding hydrogens is 418 g/mol. The minimum absolute atomic E-state index is 0.00840. The molecule has 3 aliphatic rings. The van der Waals surface area contributed by atoms with Crippen molar-refractivity contribution in [2.75, 3.05) is 0 Å². The van der Waals surface area contributed by atoms with E-state index in [-0.39, 0.29) is 23.5 Å².